The number of nitrogens with one attached hydrogen (secondary N) is 1. The highest BCUT2D eigenvalue weighted by atomic mass is 32.2. The Morgan fingerprint density at radius 2 is 2.12 bits per heavy atom. The Labute approximate surface area is 106 Å². The highest BCUT2D eigenvalue weighted by Gasteiger charge is 2.18. The Bertz CT molecular complexity index is 391. The van der Waals surface area contributed by atoms with Crippen LogP contribution >= 0.6 is 11.8 Å². The van der Waals surface area contributed by atoms with Crippen molar-refractivity contribution in [2.75, 3.05) is 19.3 Å². The Kier molecular flexibility index (Phi) is 4.29. The molecule has 17 heavy (non-hydrogen) atoms. The molecule has 0 unspecified atom stereocenters. The van der Waals surface area contributed by atoms with Crippen molar-refractivity contribution in [3.8, 4) is 5.75 Å². The van der Waals surface area contributed by atoms with E-state index in [9.17, 15) is 9.50 Å². The standard InChI is InChI=1S/C13H18FNOS/c1-17-13-11(16)3-2-10(12(13)14)8-9-4-6-15-7-5-9/h2-3,9,15-16H,4-8H2,1H3. The van der Waals surface area contributed by atoms with Gasteiger partial charge in [0.05, 0.1) is 4.90 Å². The van der Waals surface area contributed by atoms with Crippen molar-refractivity contribution in [1.29, 1.82) is 0 Å². The fraction of sp³-hybridized carbons (Fsp3) is 0.538. The molecule has 2 N–H and O–H groups in total. The zero-order valence-electron chi connectivity index (χ0n) is 10.0. The van der Waals surface area contributed by atoms with Gasteiger partial charge in [0.2, 0.25) is 0 Å². The van der Waals surface area contributed by atoms with Crippen LogP contribution in [0.1, 0.15) is 18.4 Å². The maximum atomic E-state index is 14.1. The third kappa shape index (κ3) is 2.93. The van der Waals surface area contributed by atoms with Crippen molar-refractivity contribution < 1.29 is 9.50 Å². The summed E-state index contributed by atoms with van der Waals surface area (Å²) in [6.45, 7) is 2.06. The maximum absolute atomic E-state index is 14.1. The van der Waals surface area contributed by atoms with E-state index in [4.69, 9.17) is 0 Å². The Morgan fingerprint density at radius 3 is 2.76 bits per heavy atom. The Balaban J connectivity index is 2.15. The zero-order chi connectivity index (χ0) is 12.3. The summed E-state index contributed by atoms with van der Waals surface area (Å²) in [7, 11) is 0. The van der Waals surface area contributed by atoms with Crippen LogP contribution in [-0.2, 0) is 6.42 Å². The number of aromatic hydroxyl groups is 1. The summed E-state index contributed by atoms with van der Waals surface area (Å²) in [6, 6.07) is 3.32. The molecule has 94 valence electrons. The van der Waals surface area contributed by atoms with Crippen LogP contribution in [0.2, 0.25) is 0 Å². The number of phenols is 1. The minimum Gasteiger partial charge on any atom is -0.507 e. The van der Waals surface area contributed by atoms with Gasteiger partial charge in [-0.1, -0.05) is 6.07 Å². The Hall–Kier alpha value is -0.740. The minimum atomic E-state index is -0.240. The fourth-order valence-electron chi connectivity index (χ4n) is 2.34. The highest BCUT2D eigenvalue weighted by molar-refractivity contribution is 7.98. The smallest absolute Gasteiger partial charge is 0.143 e. The molecule has 1 aliphatic rings. The Morgan fingerprint density at radius 1 is 1.41 bits per heavy atom. The molecule has 0 spiro atoms. The van der Waals surface area contributed by atoms with Crippen molar-refractivity contribution >= 4 is 11.8 Å². The van der Waals surface area contributed by atoms with Gasteiger partial charge >= 0.3 is 0 Å². The summed E-state index contributed by atoms with van der Waals surface area (Å²) in [5.74, 6) is 0.366. The van der Waals surface area contributed by atoms with Crippen LogP contribution in [0.3, 0.4) is 0 Å². The second-order valence-electron chi connectivity index (χ2n) is 4.49. The van der Waals surface area contributed by atoms with Crippen LogP contribution in [0, 0.1) is 11.7 Å². The van der Waals surface area contributed by atoms with Crippen LogP contribution in [0.25, 0.3) is 0 Å². The van der Waals surface area contributed by atoms with Gasteiger partial charge in [0, 0.05) is 0 Å². The molecule has 0 saturated carbocycles. The average Bonchev–Trinajstić information content (AvgIpc) is 2.35. The molecule has 4 heteroatoms. The summed E-state index contributed by atoms with van der Waals surface area (Å²) in [6.07, 6.45) is 4.78. The zero-order valence-corrected chi connectivity index (χ0v) is 10.8. The van der Waals surface area contributed by atoms with Crippen molar-refractivity contribution in [3.05, 3.63) is 23.5 Å². The van der Waals surface area contributed by atoms with Crippen molar-refractivity contribution in [2.45, 2.75) is 24.2 Å². The first-order chi connectivity index (χ1) is 8.22. The van der Waals surface area contributed by atoms with Gasteiger partial charge in [0.15, 0.2) is 0 Å². The lowest BCUT2D eigenvalue weighted by atomic mass is 9.91. The van der Waals surface area contributed by atoms with Gasteiger partial charge in [-0.15, -0.1) is 11.8 Å². The van der Waals surface area contributed by atoms with E-state index in [-0.39, 0.29) is 11.6 Å². The lowest BCUT2D eigenvalue weighted by molar-refractivity contribution is 0.366. The molecule has 2 nitrogen and oxygen atoms in total. The number of thioether (sulfide) groups is 1. The number of rotatable bonds is 3. The second-order valence-corrected chi connectivity index (χ2v) is 5.31. The second kappa shape index (κ2) is 5.74. The van der Waals surface area contributed by atoms with Crippen LogP contribution in [0.5, 0.6) is 5.75 Å². The van der Waals surface area contributed by atoms with E-state index in [1.54, 1.807) is 18.4 Å². The average molecular weight is 255 g/mol. The molecule has 0 bridgehead atoms. The third-order valence-corrected chi connectivity index (χ3v) is 4.12. The van der Waals surface area contributed by atoms with E-state index in [2.05, 4.69) is 5.32 Å². The van der Waals surface area contributed by atoms with Crippen molar-refractivity contribution in [2.24, 2.45) is 5.92 Å². The first-order valence-electron chi connectivity index (χ1n) is 5.97. The summed E-state index contributed by atoms with van der Waals surface area (Å²) < 4.78 is 14.1. The van der Waals surface area contributed by atoms with Gasteiger partial charge in [0.25, 0.3) is 0 Å². The summed E-state index contributed by atoms with van der Waals surface area (Å²) in [4.78, 5) is 0.372. The van der Waals surface area contributed by atoms with Gasteiger partial charge in [0.1, 0.15) is 11.6 Å². The molecule has 0 amide bonds. The number of phenolic OH excluding ortho intramolecular Hbond substituents is 1. The largest absolute Gasteiger partial charge is 0.507 e. The molecular weight excluding hydrogens is 237 g/mol. The number of hydrogen-bond donors (Lipinski definition) is 2. The number of hydrogen-bond acceptors (Lipinski definition) is 3. The number of piperidine rings is 1. The van der Waals surface area contributed by atoms with Crippen LogP contribution in [0.4, 0.5) is 4.39 Å². The first-order valence-corrected chi connectivity index (χ1v) is 7.20. The summed E-state index contributed by atoms with van der Waals surface area (Å²) >= 11 is 1.26. The number of benzene rings is 1. The van der Waals surface area contributed by atoms with Crippen molar-refractivity contribution in [1.82, 2.24) is 5.32 Å². The van der Waals surface area contributed by atoms with E-state index in [1.165, 1.54) is 11.8 Å². The first kappa shape index (κ1) is 12.7. The molecule has 1 aromatic rings. The van der Waals surface area contributed by atoms with Gasteiger partial charge in [-0.2, -0.15) is 0 Å². The van der Waals surface area contributed by atoms with E-state index in [0.29, 0.717) is 10.8 Å². The molecule has 1 fully saturated rings. The van der Waals surface area contributed by atoms with Crippen LogP contribution in [-0.4, -0.2) is 24.5 Å². The quantitative estimate of drug-likeness (QED) is 0.815. The van der Waals surface area contributed by atoms with Crippen molar-refractivity contribution in [3.63, 3.8) is 0 Å². The van der Waals surface area contributed by atoms with E-state index in [1.807, 2.05) is 0 Å². The predicted octanol–water partition coefficient (Wildman–Crippen LogP) is 2.80. The third-order valence-electron chi connectivity index (χ3n) is 3.33. The molecular formula is C13H18FNOS. The topological polar surface area (TPSA) is 32.3 Å². The summed E-state index contributed by atoms with van der Waals surface area (Å²) in [5.41, 5.74) is 0.735. The summed E-state index contributed by atoms with van der Waals surface area (Å²) in [5, 5.41) is 12.9. The molecule has 1 aromatic carbocycles. The van der Waals surface area contributed by atoms with Gasteiger partial charge < -0.3 is 10.4 Å². The molecule has 0 radical (unpaired) electrons. The molecule has 1 heterocycles. The van der Waals surface area contributed by atoms with Crippen LogP contribution in [0.15, 0.2) is 17.0 Å². The normalized spacial score (nSPS) is 17.3. The van der Waals surface area contributed by atoms with E-state index in [0.717, 1.165) is 37.9 Å². The minimum absolute atomic E-state index is 0.0454. The monoisotopic (exact) mass is 255 g/mol. The van der Waals surface area contributed by atoms with Gasteiger partial charge in [-0.3, -0.25) is 0 Å². The molecule has 0 aliphatic carbocycles. The lowest BCUT2D eigenvalue weighted by Crippen LogP contribution is -2.28. The lowest BCUT2D eigenvalue weighted by Gasteiger charge is -2.23. The predicted molar refractivity (Wildman–Crippen MR) is 69.1 cm³/mol. The molecule has 1 saturated heterocycles. The SMILES string of the molecule is CSc1c(O)ccc(CC2CCNCC2)c1F. The molecule has 2 rings (SSSR count). The van der Waals surface area contributed by atoms with Gasteiger partial charge in [-0.05, 0) is 56.2 Å². The molecule has 0 aromatic heterocycles. The van der Waals surface area contributed by atoms with E-state index < -0.39 is 0 Å². The number of halogens is 1. The van der Waals surface area contributed by atoms with Crippen LogP contribution < -0.4 is 5.32 Å². The fourth-order valence-corrected chi connectivity index (χ4v) is 2.92. The highest BCUT2D eigenvalue weighted by Crippen LogP contribution is 2.32. The molecule has 0 atom stereocenters. The maximum Gasteiger partial charge on any atom is 0.143 e. The molecule has 1 aliphatic heterocycles. The van der Waals surface area contributed by atoms with E-state index >= 15 is 0 Å². The van der Waals surface area contributed by atoms with Gasteiger partial charge in [-0.25, -0.2) is 4.39 Å².